The van der Waals surface area contributed by atoms with E-state index >= 15 is 0 Å². The summed E-state index contributed by atoms with van der Waals surface area (Å²) in [7, 11) is 1.37. The van der Waals surface area contributed by atoms with Gasteiger partial charge in [0.2, 0.25) is 0 Å². The van der Waals surface area contributed by atoms with E-state index in [-0.39, 0.29) is 18.4 Å². The third-order valence-corrected chi connectivity index (χ3v) is 3.70. The highest BCUT2D eigenvalue weighted by Crippen LogP contribution is 2.29. The Morgan fingerprint density at radius 3 is 2.71 bits per heavy atom. The van der Waals surface area contributed by atoms with Crippen LogP contribution >= 0.6 is 24.0 Å². The van der Waals surface area contributed by atoms with E-state index in [1.54, 1.807) is 18.2 Å². The van der Waals surface area contributed by atoms with Crippen molar-refractivity contribution in [2.24, 2.45) is 0 Å². The maximum Gasteiger partial charge on any atom is 0.337 e. The molecule has 0 aliphatic carbocycles. The Morgan fingerprint density at radius 2 is 1.96 bits per heavy atom. The summed E-state index contributed by atoms with van der Waals surface area (Å²) < 4.78 is 4.75. The van der Waals surface area contributed by atoms with Crippen molar-refractivity contribution >= 4 is 52.3 Å². The van der Waals surface area contributed by atoms with Gasteiger partial charge in [-0.05, 0) is 49.4 Å². The van der Waals surface area contributed by atoms with Crippen molar-refractivity contribution < 1.29 is 9.53 Å². The van der Waals surface area contributed by atoms with Crippen LogP contribution < -0.4 is 5.32 Å². The number of pyridine rings is 1. The fraction of sp³-hybridized carbons (Fsp3) is 0.111. The second-order valence-corrected chi connectivity index (χ2v) is 5.61. The van der Waals surface area contributed by atoms with E-state index in [2.05, 4.69) is 10.3 Å². The van der Waals surface area contributed by atoms with Gasteiger partial charge in [0, 0.05) is 27.5 Å². The van der Waals surface area contributed by atoms with Crippen molar-refractivity contribution in [2.45, 2.75) is 6.92 Å². The zero-order valence-corrected chi connectivity index (χ0v) is 14.7. The largest absolute Gasteiger partial charge is 0.465 e. The molecule has 1 N–H and O–H groups in total. The van der Waals surface area contributed by atoms with Gasteiger partial charge in [-0.15, -0.1) is 12.4 Å². The van der Waals surface area contributed by atoms with Crippen LogP contribution in [0.15, 0.2) is 48.5 Å². The molecule has 1 heterocycles. The highest BCUT2D eigenvalue weighted by molar-refractivity contribution is 6.31. The molecule has 0 unspecified atom stereocenters. The molecule has 0 fully saturated rings. The van der Waals surface area contributed by atoms with Crippen molar-refractivity contribution in [3.05, 3.63) is 64.8 Å². The van der Waals surface area contributed by atoms with Crippen LogP contribution in [0, 0.1) is 6.92 Å². The van der Waals surface area contributed by atoms with Gasteiger partial charge in [0.1, 0.15) is 0 Å². The van der Waals surface area contributed by atoms with E-state index in [0.29, 0.717) is 10.6 Å². The number of methoxy groups -OCH3 is 1. The van der Waals surface area contributed by atoms with Crippen LogP contribution in [0.25, 0.3) is 10.9 Å². The van der Waals surface area contributed by atoms with Crippen molar-refractivity contribution in [1.82, 2.24) is 4.98 Å². The van der Waals surface area contributed by atoms with Gasteiger partial charge in [-0.1, -0.05) is 17.7 Å². The second-order valence-electron chi connectivity index (χ2n) is 5.17. The van der Waals surface area contributed by atoms with Gasteiger partial charge >= 0.3 is 5.97 Å². The number of aryl methyl sites for hydroxylation is 1. The number of fused-ring (bicyclic) bond motifs is 1. The molecule has 24 heavy (non-hydrogen) atoms. The summed E-state index contributed by atoms with van der Waals surface area (Å²) in [6.45, 7) is 1.93. The zero-order valence-electron chi connectivity index (χ0n) is 13.2. The standard InChI is InChI=1S/C18H15ClN2O2.ClH/c1-11-8-17(15-10-13(19)6-7-16(15)20-11)21-14-5-3-4-12(9-14)18(22)23-2;/h3-10H,1-2H3,(H,20,21);1H. The Hall–Kier alpha value is -2.30. The maximum absolute atomic E-state index is 11.7. The highest BCUT2D eigenvalue weighted by Gasteiger charge is 2.08. The number of carbonyl (C=O) groups is 1. The minimum atomic E-state index is -0.368. The van der Waals surface area contributed by atoms with Crippen molar-refractivity contribution in [3.63, 3.8) is 0 Å². The van der Waals surface area contributed by atoms with Crippen LogP contribution in [0.5, 0.6) is 0 Å². The molecule has 0 saturated carbocycles. The normalized spacial score (nSPS) is 10.1. The van der Waals surface area contributed by atoms with E-state index in [0.717, 1.165) is 28.0 Å². The zero-order chi connectivity index (χ0) is 16.4. The van der Waals surface area contributed by atoms with E-state index in [9.17, 15) is 4.79 Å². The van der Waals surface area contributed by atoms with E-state index in [4.69, 9.17) is 16.3 Å². The third kappa shape index (κ3) is 3.78. The molecule has 124 valence electrons. The minimum absolute atomic E-state index is 0. The number of hydrogen-bond donors (Lipinski definition) is 1. The lowest BCUT2D eigenvalue weighted by atomic mass is 10.1. The first-order valence-corrected chi connectivity index (χ1v) is 7.47. The van der Waals surface area contributed by atoms with E-state index in [1.807, 2.05) is 37.3 Å². The molecule has 3 rings (SSSR count). The summed E-state index contributed by atoms with van der Waals surface area (Å²) in [5.74, 6) is -0.368. The molecule has 6 heteroatoms. The lowest BCUT2D eigenvalue weighted by Gasteiger charge is -2.12. The first-order valence-electron chi connectivity index (χ1n) is 7.09. The Labute approximate surface area is 151 Å². The van der Waals surface area contributed by atoms with Crippen LogP contribution in [-0.4, -0.2) is 18.1 Å². The number of hydrogen-bond acceptors (Lipinski definition) is 4. The number of aromatic nitrogens is 1. The van der Waals surface area contributed by atoms with Crippen molar-refractivity contribution in [1.29, 1.82) is 0 Å². The molecule has 0 aliphatic rings. The Kier molecular flexibility index (Phi) is 5.65. The summed E-state index contributed by atoms with van der Waals surface area (Å²) in [6, 6.07) is 14.7. The maximum atomic E-state index is 11.7. The average molecular weight is 363 g/mol. The van der Waals surface area contributed by atoms with Gasteiger partial charge in [0.15, 0.2) is 0 Å². The number of halogens is 2. The lowest BCUT2D eigenvalue weighted by molar-refractivity contribution is 0.0601. The number of benzene rings is 2. The van der Waals surface area contributed by atoms with Gasteiger partial charge in [-0.25, -0.2) is 4.79 Å². The molecule has 0 aliphatic heterocycles. The van der Waals surface area contributed by atoms with Crippen molar-refractivity contribution in [3.8, 4) is 0 Å². The average Bonchev–Trinajstić information content (AvgIpc) is 2.55. The number of esters is 1. The van der Waals surface area contributed by atoms with Crippen molar-refractivity contribution in [2.75, 3.05) is 12.4 Å². The summed E-state index contributed by atoms with van der Waals surface area (Å²) in [4.78, 5) is 16.2. The molecule has 4 nitrogen and oxygen atoms in total. The Bertz CT molecular complexity index is 897. The third-order valence-electron chi connectivity index (χ3n) is 3.46. The molecule has 1 aromatic heterocycles. The summed E-state index contributed by atoms with van der Waals surface area (Å²) >= 11 is 6.10. The molecule has 0 spiro atoms. The van der Waals surface area contributed by atoms with E-state index < -0.39 is 0 Å². The van der Waals surface area contributed by atoms with Gasteiger partial charge in [0.05, 0.1) is 18.2 Å². The molecule has 0 amide bonds. The number of nitrogens with one attached hydrogen (secondary N) is 1. The second kappa shape index (κ2) is 7.51. The molecular weight excluding hydrogens is 347 g/mol. The summed E-state index contributed by atoms with van der Waals surface area (Å²) in [5.41, 5.74) is 3.93. The Balaban J connectivity index is 0.00000208. The van der Waals surface area contributed by atoms with Gasteiger partial charge in [-0.3, -0.25) is 4.98 Å². The minimum Gasteiger partial charge on any atom is -0.465 e. The van der Waals surface area contributed by atoms with Crippen LogP contribution in [0.4, 0.5) is 11.4 Å². The molecule has 0 atom stereocenters. The van der Waals surface area contributed by atoms with Crippen LogP contribution in [0.3, 0.4) is 0 Å². The molecule has 3 aromatic rings. The topological polar surface area (TPSA) is 51.2 Å². The number of carbonyl (C=O) groups excluding carboxylic acids is 1. The molecule has 0 radical (unpaired) electrons. The van der Waals surface area contributed by atoms with Gasteiger partial charge in [0.25, 0.3) is 0 Å². The Morgan fingerprint density at radius 1 is 1.17 bits per heavy atom. The smallest absolute Gasteiger partial charge is 0.337 e. The van der Waals surface area contributed by atoms with Gasteiger partial charge < -0.3 is 10.1 Å². The summed E-state index contributed by atoms with van der Waals surface area (Å²) in [6.07, 6.45) is 0. The molecule has 2 aromatic carbocycles. The fourth-order valence-electron chi connectivity index (χ4n) is 2.43. The SMILES string of the molecule is COC(=O)c1cccc(Nc2cc(C)nc3ccc(Cl)cc23)c1.Cl. The predicted octanol–water partition coefficient (Wildman–Crippen LogP) is 5.15. The first kappa shape index (κ1) is 18.0. The number of anilines is 2. The fourth-order valence-corrected chi connectivity index (χ4v) is 2.60. The highest BCUT2D eigenvalue weighted by atomic mass is 35.5. The van der Waals surface area contributed by atoms with Crippen LogP contribution in [-0.2, 0) is 4.74 Å². The lowest BCUT2D eigenvalue weighted by Crippen LogP contribution is -2.02. The summed E-state index contributed by atoms with van der Waals surface area (Å²) in [5, 5.41) is 4.90. The van der Waals surface area contributed by atoms with Gasteiger partial charge in [-0.2, -0.15) is 0 Å². The molecular formula is C18H16Cl2N2O2. The number of nitrogens with zero attached hydrogens (tertiary/aromatic N) is 1. The number of rotatable bonds is 3. The van der Waals surface area contributed by atoms with E-state index in [1.165, 1.54) is 7.11 Å². The molecule has 0 saturated heterocycles. The monoisotopic (exact) mass is 362 g/mol. The van der Waals surface area contributed by atoms with Crippen LogP contribution in [0.1, 0.15) is 16.1 Å². The number of ether oxygens (including phenoxy) is 1. The first-order chi connectivity index (χ1) is 11.1. The van der Waals surface area contributed by atoms with Crippen LogP contribution in [0.2, 0.25) is 5.02 Å². The predicted molar refractivity (Wildman–Crippen MR) is 99.8 cm³/mol. The quantitative estimate of drug-likeness (QED) is 0.654. The molecule has 0 bridgehead atoms.